The van der Waals surface area contributed by atoms with Crippen LogP contribution in [-0.4, -0.2) is 17.7 Å². The summed E-state index contributed by atoms with van der Waals surface area (Å²) in [6.07, 6.45) is 9.09. The minimum Gasteiger partial charge on any atom is -0.444 e. The van der Waals surface area contributed by atoms with Crippen LogP contribution in [0.2, 0.25) is 0 Å². The molecule has 0 spiro atoms. The molecule has 0 bridgehead atoms. The fraction of sp³-hybridized carbons (Fsp3) is 0.769. The second kappa shape index (κ2) is 5.25. The summed E-state index contributed by atoms with van der Waals surface area (Å²) in [7, 11) is 0. The molecule has 0 heterocycles. The van der Waals surface area contributed by atoms with Gasteiger partial charge in [0.1, 0.15) is 5.60 Å². The van der Waals surface area contributed by atoms with E-state index in [9.17, 15) is 4.79 Å². The van der Waals surface area contributed by atoms with Gasteiger partial charge in [-0.15, -0.1) is 12.3 Å². The Balaban J connectivity index is 2.37. The van der Waals surface area contributed by atoms with Gasteiger partial charge in [0.2, 0.25) is 0 Å². The quantitative estimate of drug-likeness (QED) is 0.694. The van der Waals surface area contributed by atoms with E-state index in [1.807, 2.05) is 20.8 Å². The molecular weight excluding hydrogens is 202 g/mol. The highest BCUT2D eigenvalue weighted by Gasteiger charge is 2.24. The van der Waals surface area contributed by atoms with Crippen LogP contribution in [0.4, 0.5) is 4.79 Å². The number of alkyl carbamates (subject to hydrolysis) is 1. The lowest BCUT2D eigenvalue weighted by molar-refractivity contribution is 0.0489. The van der Waals surface area contributed by atoms with E-state index in [-0.39, 0.29) is 12.1 Å². The van der Waals surface area contributed by atoms with Gasteiger partial charge in [-0.05, 0) is 40.0 Å². The van der Waals surface area contributed by atoms with Crippen molar-refractivity contribution in [2.75, 3.05) is 0 Å². The Hall–Kier alpha value is -1.17. The summed E-state index contributed by atoms with van der Waals surface area (Å²) in [5.41, 5.74) is -0.440. The number of nitrogens with one attached hydrogen (secondary N) is 1. The first kappa shape index (κ1) is 12.9. The number of hydrogen-bond acceptors (Lipinski definition) is 2. The van der Waals surface area contributed by atoms with Crippen LogP contribution in [0.5, 0.6) is 0 Å². The Bertz CT molecular complexity index is 285. The van der Waals surface area contributed by atoms with Gasteiger partial charge in [0.05, 0.1) is 0 Å². The van der Waals surface area contributed by atoms with E-state index in [1.165, 1.54) is 0 Å². The van der Waals surface area contributed by atoms with Gasteiger partial charge in [-0.3, -0.25) is 0 Å². The fourth-order valence-corrected chi connectivity index (χ4v) is 1.95. The average Bonchev–Trinajstić information content (AvgIpc) is 2.15. The molecule has 3 heteroatoms. The third-order valence-corrected chi connectivity index (χ3v) is 2.63. The molecule has 2 atom stereocenters. The molecule has 1 aliphatic rings. The van der Waals surface area contributed by atoms with Crippen molar-refractivity contribution in [2.24, 2.45) is 5.92 Å². The highest BCUT2D eigenvalue weighted by atomic mass is 16.6. The third-order valence-electron chi connectivity index (χ3n) is 2.63. The number of ether oxygens (including phenoxy) is 1. The Morgan fingerprint density at radius 1 is 1.44 bits per heavy atom. The average molecular weight is 223 g/mol. The molecule has 0 saturated heterocycles. The Kier molecular flexibility index (Phi) is 4.23. The van der Waals surface area contributed by atoms with Crippen molar-refractivity contribution in [3.05, 3.63) is 0 Å². The van der Waals surface area contributed by atoms with Crippen LogP contribution in [0.3, 0.4) is 0 Å². The maximum Gasteiger partial charge on any atom is 0.407 e. The van der Waals surface area contributed by atoms with Gasteiger partial charge in [-0.25, -0.2) is 4.79 Å². The number of amides is 1. The van der Waals surface area contributed by atoms with Crippen LogP contribution >= 0.6 is 0 Å². The summed E-state index contributed by atoms with van der Waals surface area (Å²) < 4.78 is 5.21. The molecule has 0 aliphatic heterocycles. The summed E-state index contributed by atoms with van der Waals surface area (Å²) in [6, 6.07) is 0.171. The van der Waals surface area contributed by atoms with Crippen molar-refractivity contribution in [1.82, 2.24) is 5.32 Å². The highest BCUT2D eigenvalue weighted by molar-refractivity contribution is 5.68. The zero-order valence-electron chi connectivity index (χ0n) is 10.4. The topological polar surface area (TPSA) is 38.3 Å². The number of terminal acetylenes is 1. The fourth-order valence-electron chi connectivity index (χ4n) is 1.95. The molecule has 1 aliphatic carbocycles. The van der Waals surface area contributed by atoms with E-state index < -0.39 is 5.60 Å². The van der Waals surface area contributed by atoms with E-state index in [1.54, 1.807) is 0 Å². The minimum absolute atomic E-state index is 0.171. The summed E-state index contributed by atoms with van der Waals surface area (Å²) in [6.45, 7) is 5.58. The Morgan fingerprint density at radius 2 is 2.12 bits per heavy atom. The first-order chi connectivity index (χ1) is 7.40. The van der Waals surface area contributed by atoms with Crippen molar-refractivity contribution < 1.29 is 9.53 Å². The second-order valence-corrected chi connectivity index (χ2v) is 5.37. The van der Waals surface area contributed by atoms with Gasteiger partial charge in [0, 0.05) is 12.0 Å². The van der Waals surface area contributed by atoms with Crippen molar-refractivity contribution in [3.8, 4) is 12.3 Å². The molecule has 1 saturated carbocycles. The zero-order valence-corrected chi connectivity index (χ0v) is 10.4. The van der Waals surface area contributed by atoms with Gasteiger partial charge >= 0.3 is 6.09 Å². The molecule has 1 rings (SSSR count). The molecule has 3 nitrogen and oxygen atoms in total. The molecular formula is C13H21NO2. The van der Waals surface area contributed by atoms with Gasteiger partial charge in [-0.1, -0.05) is 6.42 Å². The minimum atomic E-state index is -0.440. The smallest absolute Gasteiger partial charge is 0.407 e. The van der Waals surface area contributed by atoms with Crippen molar-refractivity contribution in [2.45, 2.75) is 58.1 Å². The van der Waals surface area contributed by atoms with Crippen molar-refractivity contribution in [3.63, 3.8) is 0 Å². The summed E-state index contributed by atoms with van der Waals surface area (Å²) in [5, 5.41) is 2.88. The molecule has 16 heavy (non-hydrogen) atoms. The van der Waals surface area contributed by atoms with Gasteiger partial charge in [0.15, 0.2) is 0 Å². The van der Waals surface area contributed by atoms with Crippen LogP contribution in [-0.2, 0) is 4.74 Å². The molecule has 1 fully saturated rings. The monoisotopic (exact) mass is 223 g/mol. The maximum absolute atomic E-state index is 11.5. The predicted octanol–water partition coefficient (Wildman–Crippen LogP) is 2.70. The SMILES string of the molecule is C#C[C@@H]1CCC[C@H](NC(=O)OC(C)(C)C)C1. The molecule has 0 aromatic heterocycles. The van der Waals surface area contributed by atoms with Crippen LogP contribution < -0.4 is 5.32 Å². The number of carbonyl (C=O) groups is 1. The largest absolute Gasteiger partial charge is 0.444 e. The normalized spacial score (nSPS) is 25.6. The van der Waals surface area contributed by atoms with Crippen molar-refractivity contribution >= 4 is 6.09 Å². The second-order valence-electron chi connectivity index (χ2n) is 5.37. The lowest BCUT2D eigenvalue weighted by Gasteiger charge is -2.28. The first-order valence-electron chi connectivity index (χ1n) is 5.86. The van der Waals surface area contributed by atoms with E-state index in [4.69, 9.17) is 11.2 Å². The lowest BCUT2D eigenvalue weighted by atomic mass is 9.86. The zero-order chi connectivity index (χ0) is 12.2. The van der Waals surface area contributed by atoms with E-state index in [2.05, 4.69) is 11.2 Å². The predicted molar refractivity (Wildman–Crippen MR) is 63.9 cm³/mol. The molecule has 0 aromatic rings. The molecule has 1 N–H and O–H groups in total. The maximum atomic E-state index is 11.5. The molecule has 1 amide bonds. The van der Waals surface area contributed by atoms with E-state index in [0.717, 1.165) is 25.7 Å². The molecule has 0 unspecified atom stereocenters. The van der Waals surface area contributed by atoms with Crippen molar-refractivity contribution in [1.29, 1.82) is 0 Å². The molecule has 0 aromatic carbocycles. The van der Waals surface area contributed by atoms with Crippen LogP contribution in [0.25, 0.3) is 0 Å². The number of carbonyl (C=O) groups excluding carboxylic acids is 1. The van der Waals surface area contributed by atoms with Crippen LogP contribution in [0, 0.1) is 18.3 Å². The molecule has 90 valence electrons. The highest BCUT2D eigenvalue weighted by Crippen LogP contribution is 2.23. The van der Waals surface area contributed by atoms with Gasteiger partial charge < -0.3 is 10.1 Å². The number of rotatable bonds is 1. The van der Waals surface area contributed by atoms with Gasteiger partial charge in [0.25, 0.3) is 0 Å². The third kappa shape index (κ3) is 4.57. The standard InChI is InChI=1S/C13H21NO2/c1-5-10-7-6-8-11(9-10)14-12(15)16-13(2,3)4/h1,10-11H,6-9H2,2-4H3,(H,14,15)/t10-,11+/m1/s1. The van der Waals surface area contributed by atoms with E-state index in [0.29, 0.717) is 5.92 Å². The first-order valence-corrected chi connectivity index (χ1v) is 5.86. The van der Waals surface area contributed by atoms with E-state index >= 15 is 0 Å². The number of hydrogen-bond donors (Lipinski definition) is 1. The Labute approximate surface area is 97.9 Å². The lowest BCUT2D eigenvalue weighted by Crippen LogP contribution is -2.41. The molecule has 0 radical (unpaired) electrons. The van der Waals surface area contributed by atoms with Crippen LogP contribution in [0.15, 0.2) is 0 Å². The summed E-state index contributed by atoms with van der Waals surface area (Å²) in [4.78, 5) is 11.5. The summed E-state index contributed by atoms with van der Waals surface area (Å²) in [5.74, 6) is 3.06. The van der Waals surface area contributed by atoms with Gasteiger partial charge in [-0.2, -0.15) is 0 Å². The Morgan fingerprint density at radius 3 is 2.69 bits per heavy atom. The summed E-state index contributed by atoms with van der Waals surface area (Å²) >= 11 is 0. The van der Waals surface area contributed by atoms with Crippen LogP contribution in [0.1, 0.15) is 46.5 Å².